The van der Waals surface area contributed by atoms with Crippen LogP contribution in [0, 0.1) is 11.8 Å². The third-order valence-electron chi connectivity index (χ3n) is 4.66. The van der Waals surface area contributed by atoms with Crippen LogP contribution in [0.25, 0.3) is 0 Å². The zero-order chi connectivity index (χ0) is 16.8. The van der Waals surface area contributed by atoms with Crippen molar-refractivity contribution in [1.82, 2.24) is 4.90 Å². The molecule has 1 aromatic rings. The third-order valence-corrected chi connectivity index (χ3v) is 4.66. The molecule has 0 bridgehead atoms. The van der Waals surface area contributed by atoms with E-state index in [1.807, 2.05) is 31.3 Å². The zero-order valence-corrected chi connectivity index (χ0v) is 14.7. The molecular formula is C19H29NO3. The lowest BCUT2D eigenvalue weighted by molar-refractivity contribution is -0.133. The molecule has 4 nitrogen and oxygen atoms in total. The third kappa shape index (κ3) is 4.96. The number of para-hydroxylation sites is 1. The van der Waals surface area contributed by atoms with E-state index < -0.39 is 0 Å². The van der Waals surface area contributed by atoms with E-state index in [2.05, 4.69) is 13.8 Å². The summed E-state index contributed by atoms with van der Waals surface area (Å²) in [6, 6.07) is 7.85. The average molecular weight is 319 g/mol. The average Bonchev–Trinajstić information content (AvgIpc) is 2.55. The standard InChI is InChI=1S/C19H29NO3/c1-14(2)18-11-15(9-10-23-18)12-19(21)20(3)13-16-7-5-6-8-17(16)22-4/h5-8,14-15,18H,9-13H2,1-4H3/t15-,18+/m1/s1. The molecule has 1 amide bonds. The van der Waals surface area contributed by atoms with Crippen LogP contribution in [-0.4, -0.2) is 37.7 Å². The monoisotopic (exact) mass is 319 g/mol. The first kappa shape index (κ1) is 17.8. The van der Waals surface area contributed by atoms with Crippen LogP contribution in [0.2, 0.25) is 0 Å². The maximum absolute atomic E-state index is 12.5. The van der Waals surface area contributed by atoms with E-state index in [0.717, 1.165) is 30.8 Å². The molecule has 128 valence electrons. The highest BCUT2D eigenvalue weighted by molar-refractivity contribution is 5.76. The maximum atomic E-state index is 12.5. The Hall–Kier alpha value is -1.55. The van der Waals surface area contributed by atoms with Crippen molar-refractivity contribution in [2.24, 2.45) is 11.8 Å². The largest absolute Gasteiger partial charge is 0.496 e. The summed E-state index contributed by atoms with van der Waals surface area (Å²) in [5, 5.41) is 0. The van der Waals surface area contributed by atoms with Gasteiger partial charge >= 0.3 is 0 Å². The predicted octanol–water partition coefficient (Wildman–Crippen LogP) is 3.49. The summed E-state index contributed by atoms with van der Waals surface area (Å²) in [6.45, 7) is 5.72. The van der Waals surface area contributed by atoms with Gasteiger partial charge in [-0.3, -0.25) is 4.79 Å². The molecule has 1 aliphatic rings. The van der Waals surface area contributed by atoms with Crippen LogP contribution in [0.1, 0.15) is 38.7 Å². The SMILES string of the molecule is COc1ccccc1CN(C)C(=O)C[C@@H]1CCO[C@H](C(C)C)C1. The van der Waals surface area contributed by atoms with Gasteiger partial charge in [-0.15, -0.1) is 0 Å². The topological polar surface area (TPSA) is 38.8 Å². The van der Waals surface area contributed by atoms with Gasteiger partial charge in [0.2, 0.25) is 5.91 Å². The Morgan fingerprint density at radius 2 is 2.13 bits per heavy atom. The quantitative estimate of drug-likeness (QED) is 0.805. The predicted molar refractivity (Wildman–Crippen MR) is 91.4 cm³/mol. The number of carbonyl (C=O) groups is 1. The minimum absolute atomic E-state index is 0.199. The first-order chi connectivity index (χ1) is 11.0. The molecule has 0 unspecified atom stereocenters. The van der Waals surface area contributed by atoms with Gasteiger partial charge < -0.3 is 14.4 Å². The molecule has 1 fully saturated rings. The minimum Gasteiger partial charge on any atom is -0.496 e. The Morgan fingerprint density at radius 3 is 2.83 bits per heavy atom. The van der Waals surface area contributed by atoms with Gasteiger partial charge in [0.15, 0.2) is 0 Å². The van der Waals surface area contributed by atoms with Crippen LogP contribution < -0.4 is 4.74 Å². The molecule has 0 N–H and O–H groups in total. The molecule has 0 saturated carbocycles. The number of nitrogens with zero attached hydrogens (tertiary/aromatic N) is 1. The smallest absolute Gasteiger partial charge is 0.222 e. The van der Waals surface area contributed by atoms with Crippen molar-refractivity contribution in [1.29, 1.82) is 0 Å². The number of ether oxygens (including phenoxy) is 2. The second-order valence-corrected chi connectivity index (χ2v) is 6.81. The highest BCUT2D eigenvalue weighted by atomic mass is 16.5. The second-order valence-electron chi connectivity index (χ2n) is 6.81. The molecule has 23 heavy (non-hydrogen) atoms. The number of benzene rings is 1. The maximum Gasteiger partial charge on any atom is 0.222 e. The molecule has 4 heteroatoms. The lowest BCUT2D eigenvalue weighted by atomic mass is 9.88. The molecule has 0 aliphatic carbocycles. The second kappa shape index (κ2) is 8.34. The number of rotatable bonds is 6. The molecule has 1 heterocycles. The molecule has 1 aromatic carbocycles. The molecule has 0 radical (unpaired) electrons. The van der Waals surface area contributed by atoms with Gasteiger partial charge in [0.05, 0.1) is 13.2 Å². The van der Waals surface area contributed by atoms with Gasteiger partial charge in [-0.1, -0.05) is 32.0 Å². The van der Waals surface area contributed by atoms with Crippen molar-refractivity contribution in [2.75, 3.05) is 20.8 Å². The summed E-state index contributed by atoms with van der Waals surface area (Å²) in [6.07, 6.45) is 2.88. The van der Waals surface area contributed by atoms with Crippen LogP contribution in [-0.2, 0) is 16.1 Å². The van der Waals surface area contributed by atoms with E-state index in [0.29, 0.717) is 30.9 Å². The van der Waals surface area contributed by atoms with E-state index in [1.54, 1.807) is 12.0 Å². The Morgan fingerprint density at radius 1 is 1.39 bits per heavy atom. The molecule has 1 aliphatic heterocycles. The number of hydrogen-bond acceptors (Lipinski definition) is 3. The Kier molecular flexibility index (Phi) is 6.46. The highest BCUT2D eigenvalue weighted by Crippen LogP contribution is 2.28. The summed E-state index contributed by atoms with van der Waals surface area (Å²) >= 11 is 0. The normalized spacial score (nSPS) is 21.3. The fourth-order valence-corrected chi connectivity index (χ4v) is 3.13. The minimum atomic E-state index is 0.199. The number of carbonyl (C=O) groups excluding carboxylic acids is 1. The lowest BCUT2D eigenvalue weighted by Crippen LogP contribution is -2.34. The van der Waals surface area contributed by atoms with E-state index in [9.17, 15) is 4.79 Å². The highest BCUT2D eigenvalue weighted by Gasteiger charge is 2.27. The molecule has 0 spiro atoms. The fourth-order valence-electron chi connectivity index (χ4n) is 3.13. The van der Waals surface area contributed by atoms with Gasteiger partial charge in [-0.2, -0.15) is 0 Å². The first-order valence-corrected chi connectivity index (χ1v) is 8.48. The molecule has 2 atom stereocenters. The van der Waals surface area contributed by atoms with Crippen molar-refractivity contribution >= 4 is 5.91 Å². The van der Waals surface area contributed by atoms with Gasteiger partial charge in [0.1, 0.15) is 5.75 Å². The molecular weight excluding hydrogens is 290 g/mol. The van der Waals surface area contributed by atoms with Crippen LogP contribution in [0.4, 0.5) is 0 Å². The van der Waals surface area contributed by atoms with Crippen LogP contribution in [0.15, 0.2) is 24.3 Å². The number of methoxy groups -OCH3 is 1. The Balaban J connectivity index is 1.90. The lowest BCUT2D eigenvalue weighted by Gasteiger charge is -2.32. The Labute approximate surface area is 139 Å². The molecule has 0 aromatic heterocycles. The van der Waals surface area contributed by atoms with Gasteiger partial charge in [0.25, 0.3) is 0 Å². The zero-order valence-electron chi connectivity index (χ0n) is 14.7. The van der Waals surface area contributed by atoms with Crippen LogP contribution >= 0.6 is 0 Å². The fraction of sp³-hybridized carbons (Fsp3) is 0.632. The summed E-state index contributed by atoms with van der Waals surface area (Å²) in [4.78, 5) is 14.3. The van der Waals surface area contributed by atoms with Gasteiger partial charge in [-0.05, 0) is 30.7 Å². The van der Waals surface area contributed by atoms with Gasteiger partial charge in [0, 0.05) is 32.2 Å². The summed E-state index contributed by atoms with van der Waals surface area (Å²) in [5.41, 5.74) is 1.04. The van der Waals surface area contributed by atoms with E-state index in [-0.39, 0.29) is 5.91 Å². The van der Waals surface area contributed by atoms with Crippen molar-refractivity contribution < 1.29 is 14.3 Å². The first-order valence-electron chi connectivity index (χ1n) is 8.48. The van der Waals surface area contributed by atoms with Crippen LogP contribution in [0.5, 0.6) is 5.75 Å². The number of amides is 1. The molecule has 2 rings (SSSR count). The van der Waals surface area contributed by atoms with E-state index in [4.69, 9.17) is 9.47 Å². The van der Waals surface area contributed by atoms with E-state index in [1.165, 1.54) is 0 Å². The van der Waals surface area contributed by atoms with Crippen molar-refractivity contribution in [3.05, 3.63) is 29.8 Å². The van der Waals surface area contributed by atoms with Crippen molar-refractivity contribution in [2.45, 2.75) is 45.8 Å². The van der Waals surface area contributed by atoms with Gasteiger partial charge in [-0.25, -0.2) is 0 Å². The Bertz CT molecular complexity index is 515. The summed E-state index contributed by atoms with van der Waals surface area (Å²) in [5.74, 6) is 1.98. The van der Waals surface area contributed by atoms with Crippen molar-refractivity contribution in [3.8, 4) is 5.75 Å². The van der Waals surface area contributed by atoms with Crippen molar-refractivity contribution in [3.63, 3.8) is 0 Å². The summed E-state index contributed by atoms with van der Waals surface area (Å²) in [7, 11) is 3.53. The summed E-state index contributed by atoms with van der Waals surface area (Å²) < 4.78 is 11.2. The van der Waals surface area contributed by atoms with Crippen LogP contribution in [0.3, 0.4) is 0 Å². The number of hydrogen-bond donors (Lipinski definition) is 0. The van der Waals surface area contributed by atoms with E-state index >= 15 is 0 Å². The molecule has 1 saturated heterocycles.